The molecular formula is C10H13ClS2. The Morgan fingerprint density at radius 1 is 1.23 bits per heavy atom. The number of benzene rings is 1. The third kappa shape index (κ3) is 3.84. The van der Waals surface area contributed by atoms with Gasteiger partial charge in [0.1, 0.15) is 0 Å². The third-order valence-electron chi connectivity index (χ3n) is 1.76. The lowest BCUT2D eigenvalue weighted by Gasteiger charge is -2.03. The van der Waals surface area contributed by atoms with Crippen LogP contribution < -0.4 is 0 Å². The van der Waals surface area contributed by atoms with Gasteiger partial charge < -0.3 is 0 Å². The zero-order chi connectivity index (χ0) is 9.68. The predicted molar refractivity (Wildman–Crippen MR) is 65.3 cm³/mol. The van der Waals surface area contributed by atoms with Crippen LogP contribution in [0.25, 0.3) is 0 Å². The molecule has 0 nitrogen and oxygen atoms in total. The maximum Gasteiger partial charge on any atom is 0.0419 e. The van der Waals surface area contributed by atoms with E-state index < -0.39 is 0 Å². The lowest BCUT2D eigenvalue weighted by atomic mass is 10.2. The van der Waals surface area contributed by atoms with Gasteiger partial charge in [0.25, 0.3) is 0 Å². The first kappa shape index (κ1) is 11.3. The van der Waals surface area contributed by atoms with E-state index >= 15 is 0 Å². The summed E-state index contributed by atoms with van der Waals surface area (Å²) in [4.78, 5) is 1.25. The van der Waals surface area contributed by atoms with Gasteiger partial charge in [-0.15, -0.1) is 11.8 Å². The third-order valence-corrected chi connectivity index (χ3v) is 3.30. The summed E-state index contributed by atoms with van der Waals surface area (Å²) in [6, 6.07) is 6.28. The van der Waals surface area contributed by atoms with Crippen molar-refractivity contribution in [3.05, 3.63) is 28.8 Å². The molecule has 0 aliphatic rings. The zero-order valence-corrected chi connectivity index (χ0v) is 10.2. The second-order valence-corrected chi connectivity index (χ2v) is 5.04. The number of thioether (sulfide) groups is 2. The minimum absolute atomic E-state index is 0.850. The maximum atomic E-state index is 5.99. The van der Waals surface area contributed by atoms with Crippen molar-refractivity contribution in [1.29, 1.82) is 0 Å². The highest BCUT2D eigenvalue weighted by Gasteiger charge is 1.98. The van der Waals surface area contributed by atoms with Crippen LogP contribution in [0.15, 0.2) is 23.1 Å². The van der Waals surface area contributed by atoms with E-state index in [1.54, 1.807) is 11.8 Å². The highest BCUT2D eigenvalue weighted by Crippen LogP contribution is 2.22. The first-order valence-electron chi connectivity index (χ1n) is 4.08. The molecule has 0 spiro atoms. The number of hydrogen-bond acceptors (Lipinski definition) is 2. The van der Waals surface area contributed by atoms with Crippen molar-refractivity contribution in [2.45, 2.75) is 11.3 Å². The minimum atomic E-state index is 0.850. The number of hydrogen-bond donors (Lipinski definition) is 0. The number of halogens is 1. The van der Waals surface area contributed by atoms with Crippen molar-refractivity contribution < 1.29 is 0 Å². The van der Waals surface area contributed by atoms with Crippen molar-refractivity contribution in [3.8, 4) is 0 Å². The van der Waals surface area contributed by atoms with E-state index in [2.05, 4.69) is 24.6 Å². The fourth-order valence-electron chi connectivity index (χ4n) is 1.10. The fourth-order valence-corrected chi connectivity index (χ4v) is 2.38. The zero-order valence-electron chi connectivity index (χ0n) is 7.84. The Morgan fingerprint density at radius 3 is 2.62 bits per heavy atom. The first-order valence-corrected chi connectivity index (χ1v) is 7.08. The molecule has 0 aliphatic heterocycles. The van der Waals surface area contributed by atoms with Gasteiger partial charge in [0.2, 0.25) is 0 Å². The van der Waals surface area contributed by atoms with Crippen LogP contribution in [0, 0.1) is 0 Å². The summed E-state index contributed by atoms with van der Waals surface area (Å²) in [6.07, 6.45) is 5.30. The van der Waals surface area contributed by atoms with Crippen molar-refractivity contribution in [1.82, 2.24) is 0 Å². The Balaban J connectivity index is 2.76. The molecule has 0 atom stereocenters. The van der Waals surface area contributed by atoms with E-state index in [0.29, 0.717) is 0 Å². The molecule has 0 saturated carbocycles. The van der Waals surface area contributed by atoms with E-state index in [1.807, 2.05) is 17.8 Å². The van der Waals surface area contributed by atoms with Gasteiger partial charge in [0.05, 0.1) is 0 Å². The molecule has 72 valence electrons. The van der Waals surface area contributed by atoms with Crippen LogP contribution in [0.2, 0.25) is 5.02 Å². The maximum absolute atomic E-state index is 5.99. The van der Waals surface area contributed by atoms with Crippen molar-refractivity contribution >= 4 is 35.1 Å². The Hall–Kier alpha value is 0.210. The first-order chi connectivity index (χ1) is 6.26. The Bertz CT molecular complexity index is 274. The molecule has 3 heteroatoms. The fraction of sp³-hybridized carbons (Fsp3) is 0.400. The van der Waals surface area contributed by atoms with Gasteiger partial charge in [-0.25, -0.2) is 0 Å². The summed E-state index contributed by atoms with van der Waals surface area (Å²) in [7, 11) is 0. The molecule has 1 rings (SSSR count). The lowest BCUT2D eigenvalue weighted by molar-refractivity contribution is 1.14. The molecule has 0 heterocycles. The van der Waals surface area contributed by atoms with E-state index in [9.17, 15) is 0 Å². The quantitative estimate of drug-likeness (QED) is 0.721. The summed E-state index contributed by atoms with van der Waals surface area (Å²) >= 11 is 9.59. The molecule has 0 radical (unpaired) electrons. The second kappa shape index (κ2) is 5.84. The summed E-state index contributed by atoms with van der Waals surface area (Å²) < 4.78 is 0. The van der Waals surface area contributed by atoms with Gasteiger partial charge in [-0.3, -0.25) is 0 Å². The highest BCUT2D eigenvalue weighted by molar-refractivity contribution is 7.98. The minimum Gasteiger partial charge on any atom is -0.165 e. The molecule has 1 aromatic rings. The van der Waals surface area contributed by atoms with Crippen LogP contribution >= 0.6 is 35.1 Å². The standard InChI is InChI=1S/C10H13ClS2/c1-12-4-3-8-5-9(11)7-10(6-8)13-2/h5-7H,3-4H2,1-2H3. The van der Waals surface area contributed by atoms with Gasteiger partial charge in [-0.2, -0.15) is 11.8 Å². The molecule has 0 fully saturated rings. The Labute approximate surface area is 93.4 Å². The summed E-state index contributed by atoms with van der Waals surface area (Å²) in [5.74, 6) is 1.16. The average Bonchev–Trinajstić information content (AvgIpc) is 2.14. The molecule has 1 aromatic carbocycles. The van der Waals surface area contributed by atoms with Crippen LogP contribution in [-0.4, -0.2) is 18.3 Å². The summed E-state index contributed by atoms with van der Waals surface area (Å²) in [5.41, 5.74) is 1.34. The van der Waals surface area contributed by atoms with E-state index in [-0.39, 0.29) is 0 Å². The molecular weight excluding hydrogens is 220 g/mol. The van der Waals surface area contributed by atoms with Crippen LogP contribution in [0.4, 0.5) is 0 Å². The molecule has 0 aliphatic carbocycles. The van der Waals surface area contributed by atoms with E-state index in [1.165, 1.54) is 10.5 Å². The van der Waals surface area contributed by atoms with Crippen molar-refractivity contribution in [2.75, 3.05) is 18.3 Å². The van der Waals surface area contributed by atoms with Gasteiger partial charge in [0.15, 0.2) is 0 Å². The normalized spacial score (nSPS) is 10.4. The van der Waals surface area contributed by atoms with E-state index in [0.717, 1.165) is 17.2 Å². The van der Waals surface area contributed by atoms with Crippen LogP contribution in [-0.2, 0) is 6.42 Å². The molecule has 0 saturated heterocycles. The summed E-state index contributed by atoms with van der Waals surface area (Å²) in [6.45, 7) is 0. The molecule has 0 unspecified atom stereocenters. The Morgan fingerprint density at radius 2 is 2.00 bits per heavy atom. The van der Waals surface area contributed by atoms with Crippen LogP contribution in [0.5, 0.6) is 0 Å². The Kier molecular flexibility index (Phi) is 5.07. The molecule has 0 amide bonds. The second-order valence-electron chi connectivity index (χ2n) is 2.74. The molecule has 0 bridgehead atoms. The smallest absolute Gasteiger partial charge is 0.0419 e. The van der Waals surface area contributed by atoms with Crippen molar-refractivity contribution in [3.63, 3.8) is 0 Å². The van der Waals surface area contributed by atoms with Gasteiger partial charge in [0, 0.05) is 9.92 Å². The monoisotopic (exact) mass is 232 g/mol. The molecule has 0 aromatic heterocycles. The lowest BCUT2D eigenvalue weighted by Crippen LogP contribution is -1.88. The highest BCUT2D eigenvalue weighted by atomic mass is 35.5. The predicted octanol–water partition coefficient (Wildman–Crippen LogP) is 3.97. The number of rotatable bonds is 4. The average molecular weight is 233 g/mol. The summed E-state index contributed by atoms with van der Waals surface area (Å²) in [5, 5.41) is 0.850. The van der Waals surface area contributed by atoms with Gasteiger partial charge in [-0.1, -0.05) is 11.6 Å². The van der Waals surface area contributed by atoms with Gasteiger partial charge >= 0.3 is 0 Å². The van der Waals surface area contributed by atoms with Crippen molar-refractivity contribution in [2.24, 2.45) is 0 Å². The number of aryl methyl sites for hydroxylation is 1. The topological polar surface area (TPSA) is 0 Å². The largest absolute Gasteiger partial charge is 0.165 e. The van der Waals surface area contributed by atoms with Crippen LogP contribution in [0.3, 0.4) is 0 Å². The van der Waals surface area contributed by atoms with E-state index in [4.69, 9.17) is 11.6 Å². The SMILES string of the molecule is CSCCc1cc(Cl)cc(SC)c1. The van der Waals surface area contributed by atoms with Gasteiger partial charge in [-0.05, 0) is 48.4 Å². The molecule has 13 heavy (non-hydrogen) atoms. The van der Waals surface area contributed by atoms with Crippen LogP contribution in [0.1, 0.15) is 5.56 Å². The molecule has 0 N–H and O–H groups in total.